The first kappa shape index (κ1) is 16.7. The van der Waals surface area contributed by atoms with Gasteiger partial charge in [-0.15, -0.1) is 11.3 Å². The molecule has 24 heavy (non-hydrogen) atoms. The molecule has 0 spiro atoms. The number of rotatable bonds is 3. The lowest BCUT2D eigenvalue weighted by atomic mass is 10.1. The summed E-state index contributed by atoms with van der Waals surface area (Å²) in [5.74, 6) is -2.12. The lowest BCUT2D eigenvalue weighted by molar-refractivity contribution is 0.102. The molecule has 0 aliphatic rings. The average molecular weight is 409 g/mol. The van der Waals surface area contributed by atoms with E-state index < -0.39 is 11.6 Å². The molecular weight excluding hydrogens is 398 g/mol. The minimum absolute atomic E-state index is 0.278. The Hall–Kier alpha value is -2.12. The summed E-state index contributed by atoms with van der Waals surface area (Å²) >= 11 is 4.55. The molecule has 1 heterocycles. The van der Waals surface area contributed by atoms with Crippen LogP contribution in [0.5, 0.6) is 0 Å². The molecule has 1 aromatic heterocycles. The Morgan fingerprint density at radius 1 is 1.17 bits per heavy atom. The van der Waals surface area contributed by atoms with Crippen molar-refractivity contribution in [2.24, 2.45) is 0 Å². The van der Waals surface area contributed by atoms with Crippen molar-refractivity contribution in [3.63, 3.8) is 0 Å². The molecule has 0 saturated heterocycles. The van der Waals surface area contributed by atoms with Gasteiger partial charge < -0.3 is 0 Å². The third-order valence-corrected chi connectivity index (χ3v) is 4.64. The Morgan fingerprint density at radius 3 is 2.71 bits per heavy atom. The maximum Gasteiger partial charge on any atom is 0.257 e. The zero-order chi connectivity index (χ0) is 17.3. The van der Waals surface area contributed by atoms with E-state index in [1.807, 2.05) is 19.1 Å². The van der Waals surface area contributed by atoms with Gasteiger partial charge in [0.1, 0.15) is 0 Å². The molecule has 1 N–H and O–H groups in total. The van der Waals surface area contributed by atoms with Gasteiger partial charge in [-0.05, 0) is 42.8 Å². The second-order valence-electron chi connectivity index (χ2n) is 5.08. The Labute approximate surface area is 149 Å². The van der Waals surface area contributed by atoms with Crippen LogP contribution in [0.25, 0.3) is 11.3 Å². The normalized spacial score (nSPS) is 10.7. The van der Waals surface area contributed by atoms with Crippen molar-refractivity contribution in [2.75, 3.05) is 5.32 Å². The first-order chi connectivity index (χ1) is 11.4. The first-order valence-electron chi connectivity index (χ1n) is 6.92. The summed E-state index contributed by atoms with van der Waals surface area (Å²) in [6.07, 6.45) is 0. The van der Waals surface area contributed by atoms with Crippen LogP contribution in [0.3, 0.4) is 0 Å². The fourth-order valence-electron chi connectivity index (χ4n) is 2.12. The van der Waals surface area contributed by atoms with E-state index in [4.69, 9.17) is 0 Å². The number of benzene rings is 2. The molecule has 0 radical (unpaired) electrons. The highest BCUT2D eigenvalue weighted by Gasteiger charge is 2.13. The maximum absolute atomic E-state index is 13.3. The van der Waals surface area contributed by atoms with Gasteiger partial charge in [-0.3, -0.25) is 10.1 Å². The Kier molecular flexibility index (Phi) is 4.73. The molecule has 0 aliphatic carbocycles. The van der Waals surface area contributed by atoms with E-state index >= 15 is 0 Å². The molecule has 7 heteroatoms. The van der Waals surface area contributed by atoms with Gasteiger partial charge in [0, 0.05) is 21.0 Å². The number of thiazole rings is 1. The third kappa shape index (κ3) is 3.52. The van der Waals surface area contributed by atoms with Gasteiger partial charge in [-0.25, -0.2) is 13.8 Å². The van der Waals surface area contributed by atoms with Gasteiger partial charge >= 0.3 is 0 Å². The monoisotopic (exact) mass is 408 g/mol. The zero-order valence-corrected chi connectivity index (χ0v) is 14.8. The minimum atomic E-state index is -0.934. The number of hydrogen-bond donors (Lipinski definition) is 1. The number of anilines is 1. The number of nitrogens with zero attached hydrogens (tertiary/aromatic N) is 1. The lowest BCUT2D eigenvalue weighted by Gasteiger charge is -2.06. The summed E-state index contributed by atoms with van der Waals surface area (Å²) in [6, 6.07) is 9.00. The van der Waals surface area contributed by atoms with Gasteiger partial charge in [0.25, 0.3) is 5.91 Å². The summed E-state index contributed by atoms with van der Waals surface area (Å²) in [6.45, 7) is 1.84. The van der Waals surface area contributed by atoms with Crippen molar-refractivity contribution in [1.29, 1.82) is 0 Å². The summed E-state index contributed by atoms with van der Waals surface area (Å²) in [5, 5.41) is 4.79. The predicted molar refractivity (Wildman–Crippen MR) is 94.3 cm³/mol. The Morgan fingerprint density at radius 2 is 1.96 bits per heavy atom. The molecule has 0 bridgehead atoms. The topological polar surface area (TPSA) is 42.0 Å². The van der Waals surface area contributed by atoms with E-state index in [9.17, 15) is 13.6 Å². The Balaban J connectivity index is 1.82. The van der Waals surface area contributed by atoms with Gasteiger partial charge in [0.15, 0.2) is 16.8 Å². The summed E-state index contributed by atoms with van der Waals surface area (Å²) < 4.78 is 27.1. The minimum Gasteiger partial charge on any atom is -0.298 e. The summed E-state index contributed by atoms with van der Waals surface area (Å²) in [7, 11) is 0. The van der Waals surface area contributed by atoms with E-state index in [1.165, 1.54) is 17.4 Å². The van der Waals surface area contributed by atoms with Crippen LogP contribution in [-0.4, -0.2) is 10.9 Å². The standard InChI is InChI=1S/C17H11BrF2N2OS/c1-9-2-4-11(18)7-12(9)16(23)22-17-21-15(8-24-17)10-3-5-13(19)14(20)6-10/h2-8H,1H3,(H,21,22,23). The molecule has 0 aliphatic heterocycles. The van der Waals surface area contributed by atoms with Crippen molar-refractivity contribution >= 4 is 38.3 Å². The van der Waals surface area contributed by atoms with Crippen LogP contribution in [0.1, 0.15) is 15.9 Å². The molecule has 3 aromatic rings. The molecule has 1 amide bonds. The van der Waals surface area contributed by atoms with Gasteiger partial charge in [0.2, 0.25) is 0 Å². The van der Waals surface area contributed by atoms with E-state index in [2.05, 4.69) is 26.2 Å². The van der Waals surface area contributed by atoms with Gasteiger partial charge in [-0.2, -0.15) is 0 Å². The number of aryl methyl sites for hydroxylation is 1. The van der Waals surface area contributed by atoms with Crippen LogP contribution < -0.4 is 5.32 Å². The number of nitrogens with one attached hydrogen (secondary N) is 1. The quantitative estimate of drug-likeness (QED) is 0.629. The highest BCUT2D eigenvalue weighted by Crippen LogP contribution is 2.27. The largest absolute Gasteiger partial charge is 0.298 e. The van der Waals surface area contributed by atoms with Crippen LogP contribution in [0.4, 0.5) is 13.9 Å². The number of aromatic nitrogens is 1. The van der Waals surface area contributed by atoms with Crippen LogP contribution in [0.15, 0.2) is 46.3 Å². The van der Waals surface area contributed by atoms with Crippen molar-refractivity contribution in [3.05, 3.63) is 69.0 Å². The van der Waals surface area contributed by atoms with Crippen molar-refractivity contribution < 1.29 is 13.6 Å². The van der Waals surface area contributed by atoms with Crippen LogP contribution >= 0.6 is 27.3 Å². The van der Waals surface area contributed by atoms with Gasteiger partial charge in [0.05, 0.1) is 5.69 Å². The first-order valence-corrected chi connectivity index (χ1v) is 8.60. The number of hydrogen-bond acceptors (Lipinski definition) is 3. The molecule has 3 rings (SSSR count). The zero-order valence-electron chi connectivity index (χ0n) is 12.4. The van der Waals surface area contributed by atoms with E-state index in [-0.39, 0.29) is 5.91 Å². The molecule has 3 nitrogen and oxygen atoms in total. The molecular formula is C17H11BrF2N2OS. The van der Waals surface area contributed by atoms with Crippen molar-refractivity contribution in [3.8, 4) is 11.3 Å². The van der Waals surface area contributed by atoms with Crippen LogP contribution in [0, 0.1) is 18.6 Å². The fraction of sp³-hybridized carbons (Fsp3) is 0.0588. The number of amides is 1. The Bertz CT molecular complexity index is 927. The third-order valence-electron chi connectivity index (χ3n) is 3.38. The smallest absolute Gasteiger partial charge is 0.257 e. The number of carbonyl (C=O) groups is 1. The second-order valence-corrected chi connectivity index (χ2v) is 6.85. The molecule has 0 saturated carbocycles. The molecule has 0 fully saturated rings. The summed E-state index contributed by atoms with van der Waals surface area (Å²) in [5.41, 5.74) is 2.30. The maximum atomic E-state index is 13.3. The van der Waals surface area contributed by atoms with Crippen molar-refractivity contribution in [1.82, 2.24) is 4.98 Å². The fourth-order valence-corrected chi connectivity index (χ4v) is 3.20. The van der Waals surface area contributed by atoms with E-state index in [0.717, 1.165) is 22.2 Å². The SMILES string of the molecule is Cc1ccc(Br)cc1C(=O)Nc1nc(-c2ccc(F)c(F)c2)cs1. The highest BCUT2D eigenvalue weighted by molar-refractivity contribution is 9.10. The number of carbonyl (C=O) groups excluding carboxylic acids is 1. The second kappa shape index (κ2) is 6.78. The highest BCUT2D eigenvalue weighted by atomic mass is 79.9. The van der Waals surface area contributed by atoms with Crippen molar-refractivity contribution in [2.45, 2.75) is 6.92 Å². The molecule has 2 aromatic carbocycles. The number of halogens is 3. The molecule has 122 valence electrons. The van der Waals surface area contributed by atoms with Crippen LogP contribution in [0.2, 0.25) is 0 Å². The van der Waals surface area contributed by atoms with E-state index in [0.29, 0.717) is 22.0 Å². The molecule has 0 atom stereocenters. The van der Waals surface area contributed by atoms with Gasteiger partial charge in [-0.1, -0.05) is 22.0 Å². The van der Waals surface area contributed by atoms with Crippen LogP contribution in [-0.2, 0) is 0 Å². The van der Waals surface area contributed by atoms with E-state index in [1.54, 1.807) is 11.4 Å². The average Bonchev–Trinajstić information content (AvgIpc) is 3.00. The summed E-state index contributed by atoms with van der Waals surface area (Å²) in [4.78, 5) is 16.6. The predicted octanol–water partition coefficient (Wildman–Crippen LogP) is 5.41. The lowest BCUT2D eigenvalue weighted by Crippen LogP contribution is -2.13. The molecule has 0 unspecified atom stereocenters.